The fraction of sp³-hybridized carbons (Fsp3) is 0.421. The van der Waals surface area contributed by atoms with Crippen molar-refractivity contribution in [2.45, 2.75) is 38.8 Å². The minimum absolute atomic E-state index is 0.0151. The quantitative estimate of drug-likeness (QED) is 0.635. The fourth-order valence-corrected chi connectivity index (χ4v) is 3.66. The van der Waals surface area contributed by atoms with Gasteiger partial charge in [0.15, 0.2) is 11.3 Å². The third kappa shape index (κ3) is 3.44. The third-order valence-electron chi connectivity index (χ3n) is 4.80. The molecule has 0 aliphatic carbocycles. The molecule has 1 aliphatic heterocycles. The molecular weight excluding hydrogens is 364 g/mol. The monoisotopic (exact) mass is 386 g/mol. The first kappa shape index (κ1) is 18.0. The topological polar surface area (TPSA) is 87.9 Å². The number of rotatable bonds is 4. The van der Waals surface area contributed by atoms with Crippen LogP contribution in [-0.4, -0.2) is 44.2 Å². The maximum atomic E-state index is 10.3. The predicted octanol–water partition coefficient (Wildman–Crippen LogP) is 3.60. The van der Waals surface area contributed by atoms with Crippen LogP contribution in [0.1, 0.15) is 32.7 Å². The molecule has 1 aromatic carbocycles. The number of para-hydroxylation sites is 1. The van der Waals surface area contributed by atoms with E-state index in [2.05, 4.69) is 39.4 Å². The predicted molar refractivity (Wildman–Crippen MR) is 107 cm³/mol. The van der Waals surface area contributed by atoms with Crippen LogP contribution in [0.5, 0.6) is 5.75 Å². The number of aromatic nitrogens is 4. The second-order valence-electron chi connectivity index (χ2n) is 7.17. The van der Waals surface area contributed by atoms with Crippen LogP contribution in [0.4, 0.5) is 5.82 Å². The average Bonchev–Trinajstić information content (AvgIpc) is 3.02. The van der Waals surface area contributed by atoms with E-state index < -0.39 is 0 Å². The summed E-state index contributed by atoms with van der Waals surface area (Å²) in [5.74, 6) is 0.758. The molecule has 3 heterocycles. The van der Waals surface area contributed by atoms with Gasteiger partial charge in [0.1, 0.15) is 5.75 Å². The van der Waals surface area contributed by atoms with E-state index in [1.165, 1.54) is 0 Å². The summed E-state index contributed by atoms with van der Waals surface area (Å²) in [5.41, 5.74) is 2.80. The number of aromatic hydroxyl groups is 1. The molecule has 0 saturated carbocycles. The molecule has 0 amide bonds. The van der Waals surface area contributed by atoms with E-state index in [0.717, 1.165) is 42.8 Å². The first-order chi connectivity index (χ1) is 13.0. The summed E-state index contributed by atoms with van der Waals surface area (Å²) in [7, 11) is 0. The fourth-order valence-electron chi connectivity index (χ4n) is 3.49. The molecule has 0 bridgehead atoms. The maximum Gasteiger partial charge on any atom is 0.176 e. The summed E-state index contributed by atoms with van der Waals surface area (Å²) in [4.78, 5) is 0. The molecule has 0 unspecified atom stereocenters. The second-order valence-corrected chi connectivity index (χ2v) is 7.58. The molecule has 3 aromatic rings. The minimum atomic E-state index is 0.0151. The molecule has 7 nitrogen and oxygen atoms in total. The highest BCUT2D eigenvalue weighted by Crippen LogP contribution is 2.36. The Morgan fingerprint density at radius 1 is 1.26 bits per heavy atom. The standard InChI is InChI=1S/C19H23ClN6O/c1-11(2)22-19-17-16(26(25-19)12-6-8-21-9-7-12)10-15(23-24-17)13-4-3-5-14(20)18(13)27/h3-5,10-12,21,27H,6-9H2,1-2H3,(H,22,25). The van der Waals surface area contributed by atoms with Crippen LogP contribution >= 0.6 is 11.6 Å². The number of nitrogens with one attached hydrogen (secondary N) is 2. The van der Waals surface area contributed by atoms with Gasteiger partial charge >= 0.3 is 0 Å². The number of hydrogen-bond donors (Lipinski definition) is 3. The van der Waals surface area contributed by atoms with Crippen LogP contribution in [0.3, 0.4) is 0 Å². The van der Waals surface area contributed by atoms with Crippen molar-refractivity contribution in [1.82, 2.24) is 25.3 Å². The third-order valence-corrected chi connectivity index (χ3v) is 5.10. The Bertz CT molecular complexity index is 964. The van der Waals surface area contributed by atoms with Gasteiger partial charge in [-0.15, -0.1) is 10.2 Å². The Labute approximate surface area is 162 Å². The summed E-state index contributed by atoms with van der Waals surface area (Å²) in [6.45, 7) is 6.08. The van der Waals surface area contributed by atoms with Crippen LogP contribution in [0.2, 0.25) is 5.02 Å². The zero-order valence-electron chi connectivity index (χ0n) is 15.4. The number of halogens is 1. The molecule has 2 aromatic heterocycles. The number of piperidine rings is 1. The van der Waals surface area contributed by atoms with Crippen molar-refractivity contribution >= 4 is 28.5 Å². The smallest absolute Gasteiger partial charge is 0.176 e. The molecule has 0 atom stereocenters. The average molecular weight is 387 g/mol. The first-order valence-corrected chi connectivity index (χ1v) is 9.63. The Kier molecular flexibility index (Phi) is 4.88. The van der Waals surface area contributed by atoms with Gasteiger partial charge in [-0.05, 0) is 58.0 Å². The number of fused-ring (bicyclic) bond motifs is 1. The maximum absolute atomic E-state index is 10.3. The lowest BCUT2D eigenvalue weighted by atomic mass is 10.1. The molecule has 3 N–H and O–H groups in total. The molecule has 27 heavy (non-hydrogen) atoms. The molecule has 8 heteroatoms. The number of hydrogen-bond acceptors (Lipinski definition) is 6. The van der Waals surface area contributed by atoms with Crippen LogP contribution in [0, 0.1) is 0 Å². The summed E-state index contributed by atoms with van der Waals surface area (Å²) in [5, 5.41) is 31.0. The highest BCUT2D eigenvalue weighted by Gasteiger charge is 2.23. The molecule has 142 valence electrons. The van der Waals surface area contributed by atoms with Crippen molar-refractivity contribution in [3.05, 3.63) is 29.3 Å². The van der Waals surface area contributed by atoms with Crippen LogP contribution in [0.25, 0.3) is 22.3 Å². The number of nitrogens with zero attached hydrogens (tertiary/aromatic N) is 4. The number of phenolic OH excluding ortho intramolecular Hbond substituents is 1. The molecule has 1 fully saturated rings. The lowest BCUT2D eigenvalue weighted by molar-refractivity contribution is 0.351. The van der Waals surface area contributed by atoms with Gasteiger partial charge in [-0.2, -0.15) is 5.10 Å². The molecular formula is C19H23ClN6O. The van der Waals surface area contributed by atoms with E-state index in [-0.39, 0.29) is 11.8 Å². The zero-order chi connectivity index (χ0) is 19.0. The lowest BCUT2D eigenvalue weighted by Crippen LogP contribution is -2.29. The first-order valence-electron chi connectivity index (χ1n) is 9.25. The van der Waals surface area contributed by atoms with Gasteiger partial charge in [0, 0.05) is 11.6 Å². The van der Waals surface area contributed by atoms with Gasteiger partial charge in [-0.25, -0.2) is 0 Å². The van der Waals surface area contributed by atoms with Crippen molar-refractivity contribution in [1.29, 1.82) is 0 Å². The van der Waals surface area contributed by atoms with Crippen LogP contribution in [0.15, 0.2) is 24.3 Å². The van der Waals surface area contributed by atoms with Crippen molar-refractivity contribution in [3.63, 3.8) is 0 Å². The normalized spacial score (nSPS) is 15.6. The highest BCUT2D eigenvalue weighted by molar-refractivity contribution is 6.32. The molecule has 0 spiro atoms. The lowest BCUT2D eigenvalue weighted by Gasteiger charge is -2.23. The molecule has 0 radical (unpaired) electrons. The van der Waals surface area contributed by atoms with E-state index in [9.17, 15) is 5.11 Å². The van der Waals surface area contributed by atoms with E-state index in [0.29, 0.717) is 22.3 Å². The second kappa shape index (κ2) is 7.32. The Morgan fingerprint density at radius 2 is 2.04 bits per heavy atom. The Hall–Kier alpha value is -2.38. The summed E-state index contributed by atoms with van der Waals surface area (Å²) < 4.78 is 2.06. The molecule has 4 rings (SSSR count). The number of phenols is 1. The van der Waals surface area contributed by atoms with Crippen molar-refractivity contribution in [2.75, 3.05) is 18.4 Å². The number of benzene rings is 1. The largest absolute Gasteiger partial charge is 0.506 e. The van der Waals surface area contributed by atoms with Gasteiger partial charge in [0.2, 0.25) is 0 Å². The highest BCUT2D eigenvalue weighted by atomic mass is 35.5. The number of anilines is 1. The summed E-state index contributed by atoms with van der Waals surface area (Å²) in [6, 6.07) is 7.71. The van der Waals surface area contributed by atoms with Crippen molar-refractivity contribution in [2.24, 2.45) is 0 Å². The SMILES string of the molecule is CC(C)Nc1nn(C2CCNCC2)c2cc(-c3cccc(Cl)c3O)nnc12. The summed E-state index contributed by atoms with van der Waals surface area (Å²) >= 11 is 6.06. The summed E-state index contributed by atoms with van der Waals surface area (Å²) in [6.07, 6.45) is 2.02. The Morgan fingerprint density at radius 3 is 2.78 bits per heavy atom. The van der Waals surface area contributed by atoms with E-state index in [4.69, 9.17) is 16.7 Å². The molecule has 1 aliphatic rings. The minimum Gasteiger partial charge on any atom is -0.506 e. The van der Waals surface area contributed by atoms with Gasteiger partial charge in [0.05, 0.1) is 22.3 Å². The van der Waals surface area contributed by atoms with Crippen LogP contribution < -0.4 is 10.6 Å². The van der Waals surface area contributed by atoms with Gasteiger partial charge in [0.25, 0.3) is 0 Å². The van der Waals surface area contributed by atoms with E-state index >= 15 is 0 Å². The Balaban J connectivity index is 1.86. The van der Waals surface area contributed by atoms with Crippen molar-refractivity contribution < 1.29 is 5.11 Å². The molecule has 1 saturated heterocycles. The van der Waals surface area contributed by atoms with Gasteiger partial charge < -0.3 is 15.7 Å². The van der Waals surface area contributed by atoms with Gasteiger partial charge in [-0.1, -0.05) is 17.7 Å². The van der Waals surface area contributed by atoms with Crippen LogP contribution in [-0.2, 0) is 0 Å². The van der Waals surface area contributed by atoms with E-state index in [1.807, 2.05) is 6.07 Å². The van der Waals surface area contributed by atoms with Crippen molar-refractivity contribution in [3.8, 4) is 17.0 Å². The van der Waals surface area contributed by atoms with Gasteiger partial charge in [-0.3, -0.25) is 4.68 Å². The van der Waals surface area contributed by atoms with E-state index in [1.54, 1.807) is 18.2 Å². The zero-order valence-corrected chi connectivity index (χ0v) is 16.2.